The molecule has 0 spiro atoms. The average molecular weight is 219 g/mol. The maximum Gasteiger partial charge on any atom is 0.224 e. The Morgan fingerprint density at radius 1 is 1.50 bits per heavy atom. The van der Waals surface area contributed by atoms with E-state index in [2.05, 4.69) is 16.7 Å². The van der Waals surface area contributed by atoms with Gasteiger partial charge >= 0.3 is 0 Å². The monoisotopic (exact) mass is 219 g/mol. The Labute approximate surface area is 95.2 Å². The first-order valence-corrected chi connectivity index (χ1v) is 5.53. The number of aryl methyl sites for hydroxylation is 1. The van der Waals surface area contributed by atoms with E-state index >= 15 is 0 Å². The fourth-order valence-electron chi connectivity index (χ4n) is 1.97. The lowest BCUT2D eigenvalue weighted by Gasteiger charge is -2.19. The molecule has 1 aliphatic heterocycles. The van der Waals surface area contributed by atoms with E-state index in [1.54, 1.807) is 0 Å². The van der Waals surface area contributed by atoms with Crippen LogP contribution in [0, 0.1) is 0 Å². The number of hydrogen-bond acceptors (Lipinski definition) is 3. The summed E-state index contributed by atoms with van der Waals surface area (Å²) in [5.74, 6) is 0.0970. The zero-order valence-electron chi connectivity index (χ0n) is 9.42. The minimum Gasteiger partial charge on any atom is -0.326 e. The third kappa shape index (κ3) is 2.23. The molecule has 16 heavy (non-hydrogen) atoms. The van der Waals surface area contributed by atoms with Crippen molar-refractivity contribution in [1.82, 2.24) is 5.32 Å². The van der Waals surface area contributed by atoms with Gasteiger partial charge in [0.25, 0.3) is 0 Å². The molecule has 1 aromatic carbocycles. The van der Waals surface area contributed by atoms with Crippen LogP contribution in [0.1, 0.15) is 23.6 Å². The molecule has 1 heterocycles. The van der Waals surface area contributed by atoms with Crippen LogP contribution in [0.4, 0.5) is 5.69 Å². The van der Waals surface area contributed by atoms with Crippen molar-refractivity contribution in [3.05, 3.63) is 29.3 Å². The molecule has 2 rings (SSSR count). The standard InChI is InChI=1S/C12H17N3O/c1-14-7-10(13)8-2-4-11-9(6-8)3-5-12(16)15-11/h2,4,6,10,14H,3,5,7,13H2,1H3,(H,15,16). The summed E-state index contributed by atoms with van der Waals surface area (Å²) in [7, 11) is 1.89. The highest BCUT2D eigenvalue weighted by molar-refractivity contribution is 5.93. The first-order valence-electron chi connectivity index (χ1n) is 5.53. The van der Waals surface area contributed by atoms with Crippen LogP contribution in [0.15, 0.2) is 18.2 Å². The van der Waals surface area contributed by atoms with Crippen molar-refractivity contribution in [2.45, 2.75) is 18.9 Å². The van der Waals surface area contributed by atoms with Crippen LogP contribution in [0.3, 0.4) is 0 Å². The van der Waals surface area contributed by atoms with Crippen LogP contribution < -0.4 is 16.4 Å². The van der Waals surface area contributed by atoms with E-state index in [1.807, 2.05) is 19.2 Å². The van der Waals surface area contributed by atoms with Gasteiger partial charge in [-0.3, -0.25) is 4.79 Å². The topological polar surface area (TPSA) is 67.1 Å². The second-order valence-corrected chi connectivity index (χ2v) is 4.13. The summed E-state index contributed by atoms with van der Waals surface area (Å²) < 4.78 is 0. The molecule has 0 saturated heterocycles. The van der Waals surface area contributed by atoms with Gasteiger partial charge in [-0.15, -0.1) is 0 Å². The van der Waals surface area contributed by atoms with Gasteiger partial charge < -0.3 is 16.4 Å². The second-order valence-electron chi connectivity index (χ2n) is 4.13. The van der Waals surface area contributed by atoms with E-state index in [-0.39, 0.29) is 11.9 Å². The van der Waals surface area contributed by atoms with E-state index in [0.717, 1.165) is 24.2 Å². The molecule has 86 valence electrons. The Kier molecular flexibility index (Phi) is 3.22. The zero-order chi connectivity index (χ0) is 11.5. The van der Waals surface area contributed by atoms with Gasteiger partial charge in [0.2, 0.25) is 5.91 Å². The lowest BCUT2D eigenvalue weighted by Crippen LogP contribution is -2.25. The average Bonchev–Trinajstić information content (AvgIpc) is 2.28. The molecule has 4 nitrogen and oxygen atoms in total. The Hall–Kier alpha value is -1.39. The van der Waals surface area contributed by atoms with Gasteiger partial charge in [0, 0.05) is 24.7 Å². The quantitative estimate of drug-likeness (QED) is 0.704. The molecule has 4 N–H and O–H groups in total. The number of amides is 1. The maximum atomic E-state index is 11.2. The van der Waals surface area contributed by atoms with E-state index in [1.165, 1.54) is 5.56 Å². The summed E-state index contributed by atoms with van der Waals surface area (Å²) in [6, 6.07) is 6.02. The number of carbonyl (C=O) groups is 1. The molecule has 4 heteroatoms. The molecule has 1 aromatic rings. The second kappa shape index (κ2) is 4.63. The fraction of sp³-hybridized carbons (Fsp3) is 0.417. The summed E-state index contributed by atoms with van der Waals surface area (Å²) in [5.41, 5.74) is 9.24. The van der Waals surface area contributed by atoms with Crippen LogP contribution >= 0.6 is 0 Å². The summed E-state index contributed by atoms with van der Waals surface area (Å²) in [6.07, 6.45) is 1.37. The summed E-state index contributed by atoms with van der Waals surface area (Å²) in [6.45, 7) is 0.755. The first-order chi connectivity index (χ1) is 7.70. The molecule has 1 aliphatic rings. The van der Waals surface area contributed by atoms with Crippen molar-refractivity contribution in [3.63, 3.8) is 0 Å². The van der Waals surface area contributed by atoms with Crippen LogP contribution in [-0.2, 0) is 11.2 Å². The Morgan fingerprint density at radius 3 is 3.06 bits per heavy atom. The molecular formula is C12H17N3O. The highest BCUT2D eigenvalue weighted by Crippen LogP contribution is 2.25. The normalized spacial score (nSPS) is 16.5. The number of benzene rings is 1. The Morgan fingerprint density at radius 2 is 2.31 bits per heavy atom. The van der Waals surface area contributed by atoms with E-state index in [0.29, 0.717) is 6.42 Å². The number of likely N-dealkylation sites (N-methyl/N-ethyl adjacent to an activating group) is 1. The van der Waals surface area contributed by atoms with Gasteiger partial charge in [0.05, 0.1) is 0 Å². The van der Waals surface area contributed by atoms with Crippen molar-refractivity contribution in [3.8, 4) is 0 Å². The first kappa shape index (κ1) is 11.1. The number of anilines is 1. The van der Waals surface area contributed by atoms with E-state index in [9.17, 15) is 4.79 Å². The molecule has 1 unspecified atom stereocenters. The van der Waals surface area contributed by atoms with E-state index < -0.39 is 0 Å². The van der Waals surface area contributed by atoms with Gasteiger partial charge in [0.15, 0.2) is 0 Å². The third-order valence-electron chi connectivity index (χ3n) is 2.88. The van der Waals surface area contributed by atoms with Crippen LogP contribution in [0.25, 0.3) is 0 Å². The van der Waals surface area contributed by atoms with Crippen molar-refractivity contribution in [2.75, 3.05) is 18.9 Å². The summed E-state index contributed by atoms with van der Waals surface area (Å²) in [4.78, 5) is 11.2. The van der Waals surface area contributed by atoms with Crippen LogP contribution in [0.5, 0.6) is 0 Å². The smallest absolute Gasteiger partial charge is 0.224 e. The zero-order valence-corrected chi connectivity index (χ0v) is 9.42. The Balaban J connectivity index is 2.22. The predicted molar refractivity (Wildman–Crippen MR) is 64.2 cm³/mol. The lowest BCUT2D eigenvalue weighted by atomic mass is 9.97. The maximum absolute atomic E-state index is 11.2. The molecular weight excluding hydrogens is 202 g/mol. The van der Waals surface area contributed by atoms with Crippen molar-refractivity contribution >= 4 is 11.6 Å². The Bertz CT molecular complexity index is 403. The minimum atomic E-state index is 0.00734. The third-order valence-corrected chi connectivity index (χ3v) is 2.88. The lowest BCUT2D eigenvalue weighted by molar-refractivity contribution is -0.116. The molecule has 0 bridgehead atoms. The van der Waals surface area contributed by atoms with Gasteiger partial charge in [-0.1, -0.05) is 12.1 Å². The fourth-order valence-corrected chi connectivity index (χ4v) is 1.97. The van der Waals surface area contributed by atoms with Gasteiger partial charge in [-0.25, -0.2) is 0 Å². The number of carbonyl (C=O) groups excluding carboxylic acids is 1. The summed E-state index contributed by atoms with van der Waals surface area (Å²) >= 11 is 0. The molecule has 0 radical (unpaired) electrons. The van der Waals surface area contributed by atoms with Crippen molar-refractivity contribution in [2.24, 2.45) is 5.73 Å². The van der Waals surface area contributed by atoms with Crippen molar-refractivity contribution < 1.29 is 4.79 Å². The molecule has 1 atom stereocenters. The van der Waals surface area contributed by atoms with Crippen LogP contribution in [-0.4, -0.2) is 19.5 Å². The number of fused-ring (bicyclic) bond motifs is 1. The van der Waals surface area contributed by atoms with Gasteiger partial charge in [-0.2, -0.15) is 0 Å². The number of rotatable bonds is 3. The van der Waals surface area contributed by atoms with E-state index in [4.69, 9.17) is 5.73 Å². The summed E-state index contributed by atoms with van der Waals surface area (Å²) in [5, 5.41) is 5.92. The largest absolute Gasteiger partial charge is 0.326 e. The molecule has 1 amide bonds. The highest BCUT2D eigenvalue weighted by atomic mass is 16.1. The highest BCUT2D eigenvalue weighted by Gasteiger charge is 2.16. The molecule has 0 saturated carbocycles. The predicted octanol–water partition coefficient (Wildman–Crippen LogP) is 0.790. The molecule has 0 aliphatic carbocycles. The number of hydrogen-bond donors (Lipinski definition) is 3. The SMILES string of the molecule is CNCC(N)c1ccc2c(c1)CCC(=O)N2. The van der Waals surface area contributed by atoms with Gasteiger partial charge in [0.1, 0.15) is 0 Å². The van der Waals surface area contributed by atoms with Crippen molar-refractivity contribution in [1.29, 1.82) is 0 Å². The number of nitrogens with one attached hydrogen (secondary N) is 2. The van der Waals surface area contributed by atoms with Crippen LogP contribution in [0.2, 0.25) is 0 Å². The molecule has 0 fully saturated rings. The number of nitrogens with two attached hydrogens (primary N) is 1. The molecule has 0 aromatic heterocycles. The van der Waals surface area contributed by atoms with Gasteiger partial charge in [-0.05, 0) is 30.7 Å². The minimum absolute atomic E-state index is 0.00734.